The average Bonchev–Trinajstić information content (AvgIpc) is 2.65. The van der Waals surface area contributed by atoms with Crippen molar-refractivity contribution in [1.82, 2.24) is 5.32 Å². The number of rotatable bonds is 6. The van der Waals surface area contributed by atoms with Crippen LogP contribution in [0.4, 0.5) is 10.5 Å². The van der Waals surface area contributed by atoms with Crippen molar-refractivity contribution in [3.63, 3.8) is 0 Å². The van der Waals surface area contributed by atoms with Crippen LogP contribution in [-0.4, -0.2) is 35.7 Å². The van der Waals surface area contributed by atoms with Crippen molar-refractivity contribution in [1.29, 1.82) is 0 Å². The molecule has 1 atom stereocenters. The summed E-state index contributed by atoms with van der Waals surface area (Å²) in [6.45, 7) is 0. The molecule has 1 aromatic carbocycles. The standard InChI is InChI=1S/C21H26N2O6/c1-28-19(24)18(9-13-2-4-17(5-3-13)23(26)27)22-20(25)29-21-10-14-6-15(11-21)8-16(7-14)12-21/h2-5,14-16,18H,6-12H2,1H3,(H,22,25)/t14?,15?,16?,18-,21?/m0/s1. The molecule has 4 bridgehead atoms. The molecule has 4 fully saturated rings. The van der Waals surface area contributed by atoms with Gasteiger partial charge in [-0.15, -0.1) is 0 Å². The van der Waals surface area contributed by atoms with Crippen LogP contribution < -0.4 is 5.32 Å². The highest BCUT2D eigenvalue weighted by atomic mass is 16.6. The normalized spacial score (nSPS) is 30.4. The fourth-order valence-electron chi connectivity index (χ4n) is 5.85. The SMILES string of the molecule is COC(=O)[C@H](Cc1ccc([N+](=O)[O-])cc1)NC(=O)OC12CC3CC(CC(C3)C1)C2. The molecule has 8 heteroatoms. The van der Waals surface area contributed by atoms with E-state index in [1.54, 1.807) is 12.1 Å². The molecular weight excluding hydrogens is 376 g/mol. The van der Waals surface area contributed by atoms with Gasteiger partial charge in [-0.3, -0.25) is 10.1 Å². The zero-order valence-corrected chi connectivity index (χ0v) is 16.5. The number of carbonyl (C=O) groups is 2. The van der Waals surface area contributed by atoms with E-state index in [0.29, 0.717) is 23.3 Å². The molecule has 0 aromatic heterocycles. The number of nitro benzene ring substituents is 1. The highest BCUT2D eigenvalue weighted by Gasteiger charge is 2.53. The van der Waals surface area contributed by atoms with Gasteiger partial charge in [0.1, 0.15) is 11.6 Å². The predicted molar refractivity (Wildman–Crippen MR) is 103 cm³/mol. The Bertz CT molecular complexity index is 771. The average molecular weight is 402 g/mol. The van der Waals surface area contributed by atoms with Crippen molar-refractivity contribution in [2.45, 2.75) is 56.6 Å². The van der Waals surface area contributed by atoms with Gasteiger partial charge in [0.25, 0.3) is 5.69 Å². The molecule has 8 nitrogen and oxygen atoms in total. The molecule has 4 aliphatic carbocycles. The van der Waals surface area contributed by atoms with Crippen LogP contribution in [0.3, 0.4) is 0 Å². The zero-order valence-electron chi connectivity index (χ0n) is 16.5. The summed E-state index contributed by atoms with van der Waals surface area (Å²) >= 11 is 0. The first-order chi connectivity index (χ1) is 13.9. The molecular formula is C21H26N2O6. The van der Waals surface area contributed by atoms with E-state index in [0.717, 1.165) is 19.3 Å². The number of amides is 1. The zero-order chi connectivity index (χ0) is 20.6. The van der Waals surface area contributed by atoms with E-state index in [1.807, 2.05) is 0 Å². The lowest BCUT2D eigenvalue weighted by Crippen LogP contribution is -2.55. The molecule has 156 valence electrons. The number of esters is 1. The van der Waals surface area contributed by atoms with E-state index in [1.165, 1.54) is 38.5 Å². The van der Waals surface area contributed by atoms with Gasteiger partial charge in [-0.05, 0) is 61.8 Å². The third kappa shape index (κ3) is 4.21. The molecule has 1 N–H and O–H groups in total. The quantitative estimate of drug-likeness (QED) is 0.444. The summed E-state index contributed by atoms with van der Waals surface area (Å²) in [6, 6.07) is 4.97. The maximum atomic E-state index is 12.7. The monoisotopic (exact) mass is 402 g/mol. The maximum absolute atomic E-state index is 12.7. The first kappa shape index (κ1) is 19.7. The minimum absolute atomic E-state index is 0.0300. The third-order valence-corrected chi connectivity index (χ3v) is 6.66. The van der Waals surface area contributed by atoms with Crippen molar-refractivity contribution in [3.05, 3.63) is 39.9 Å². The van der Waals surface area contributed by atoms with Crippen molar-refractivity contribution in [2.24, 2.45) is 17.8 Å². The minimum Gasteiger partial charge on any atom is -0.467 e. The van der Waals surface area contributed by atoms with Crippen LogP contribution in [0.1, 0.15) is 44.1 Å². The van der Waals surface area contributed by atoms with E-state index < -0.39 is 28.6 Å². The van der Waals surface area contributed by atoms with Crippen LogP contribution in [0.2, 0.25) is 0 Å². The largest absolute Gasteiger partial charge is 0.467 e. The summed E-state index contributed by atoms with van der Waals surface area (Å²) < 4.78 is 10.7. The molecule has 1 amide bonds. The number of nitro groups is 1. The molecule has 4 aliphatic rings. The van der Waals surface area contributed by atoms with Crippen LogP contribution in [0.25, 0.3) is 0 Å². The summed E-state index contributed by atoms with van der Waals surface area (Å²) in [4.78, 5) is 35.2. The van der Waals surface area contributed by atoms with E-state index in [2.05, 4.69) is 5.32 Å². The molecule has 29 heavy (non-hydrogen) atoms. The molecule has 1 aromatic rings. The lowest BCUT2D eigenvalue weighted by molar-refractivity contribution is -0.384. The minimum atomic E-state index is -0.914. The molecule has 0 unspecified atom stereocenters. The molecule has 0 saturated heterocycles. The number of carbonyl (C=O) groups excluding carboxylic acids is 2. The molecule has 0 heterocycles. The lowest BCUT2D eigenvalue weighted by Gasteiger charge is -2.55. The topological polar surface area (TPSA) is 108 Å². The van der Waals surface area contributed by atoms with Gasteiger partial charge in [-0.25, -0.2) is 9.59 Å². The Morgan fingerprint density at radius 2 is 1.69 bits per heavy atom. The molecule has 0 radical (unpaired) electrons. The van der Waals surface area contributed by atoms with E-state index in [-0.39, 0.29) is 12.1 Å². The van der Waals surface area contributed by atoms with Gasteiger partial charge in [0, 0.05) is 18.6 Å². The second kappa shape index (κ2) is 7.65. The van der Waals surface area contributed by atoms with Crippen molar-refractivity contribution >= 4 is 17.7 Å². The number of non-ortho nitro benzene ring substituents is 1. The first-order valence-electron chi connectivity index (χ1n) is 10.2. The number of benzene rings is 1. The summed E-state index contributed by atoms with van der Waals surface area (Å²) in [5.41, 5.74) is 0.256. The number of methoxy groups -OCH3 is 1. The number of nitrogens with one attached hydrogen (secondary N) is 1. The Balaban J connectivity index is 1.41. The molecule has 5 rings (SSSR count). The second-order valence-corrected chi connectivity index (χ2v) is 8.84. The Morgan fingerprint density at radius 3 is 2.17 bits per heavy atom. The molecule has 4 saturated carbocycles. The van der Waals surface area contributed by atoms with Gasteiger partial charge in [0.15, 0.2) is 0 Å². The molecule has 0 spiro atoms. The number of hydrogen-bond donors (Lipinski definition) is 1. The lowest BCUT2D eigenvalue weighted by atomic mass is 9.54. The van der Waals surface area contributed by atoms with Crippen molar-refractivity contribution in [3.8, 4) is 0 Å². The third-order valence-electron chi connectivity index (χ3n) is 6.66. The summed E-state index contributed by atoms with van der Waals surface area (Å²) in [7, 11) is 1.26. The van der Waals surface area contributed by atoms with Gasteiger partial charge < -0.3 is 14.8 Å². The highest BCUT2D eigenvalue weighted by Crippen LogP contribution is 2.57. The first-order valence-corrected chi connectivity index (χ1v) is 10.2. The van der Waals surface area contributed by atoms with Gasteiger partial charge in [-0.1, -0.05) is 12.1 Å². The number of ether oxygens (including phenoxy) is 2. The van der Waals surface area contributed by atoms with Gasteiger partial charge in [0.05, 0.1) is 12.0 Å². The molecule has 0 aliphatic heterocycles. The highest BCUT2D eigenvalue weighted by molar-refractivity contribution is 5.81. The Kier molecular flexibility index (Phi) is 5.19. The van der Waals surface area contributed by atoms with Gasteiger partial charge >= 0.3 is 12.1 Å². The Hall–Kier alpha value is -2.64. The summed E-state index contributed by atoms with van der Waals surface area (Å²) in [6.07, 6.45) is 6.05. The van der Waals surface area contributed by atoms with Crippen molar-refractivity contribution < 1.29 is 24.0 Å². The maximum Gasteiger partial charge on any atom is 0.408 e. The fourth-order valence-corrected chi connectivity index (χ4v) is 5.85. The van der Waals surface area contributed by atoms with E-state index in [4.69, 9.17) is 9.47 Å². The predicted octanol–water partition coefficient (Wildman–Crippen LogP) is 3.37. The number of hydrogen-bond acceptors (Lipinski definition) is 6. The van der Waals surface area contributed by atoms with E-state index >= 15 is 0 Å². The van der Waals surface area contributed by atoms with Crippen LogP contribution >= 0.6 is 0 Å². The van der Waals surface area contributed by atoms with Crippen LogP contribution in [-0.2, 0) is 20.7 Å². The van der Waals surface area contributed by atoms with Crippen LogP contribution in [0.15, 0.2) is 24.3 Å². The smallest absolute Gasteiger partial charge is 0.408 e. The van der Waals surface area contributed by atoms with Crippen molar-refractivity contribution in [2.75, 3.05) is 7.11 Å². The number of alkyl carbamates (subject to hydrolysis) is 1. The Morgan fingerprint density at radius 1 is 1.14 bits per heavy atom. The summed E-state index contributed by atoms with van der Waals surface area (Å²) in [5, 5.41) is 13.5. The summed E-state index contributed by atoms with van der Waals surface area (Å²) in [5.74, 6) is 1.35. The van der Waals surface area contributed by atoms with Gasteiger partial charge in [0.2, 0.25) is 0 Å². The fraction of sp³-hybridized carbons (Fsp3) is 0.619. The Labute approximate surface area is 169 Å². The van der Waals surface area contributed by atoms with Crippen LogP contribution in [0, 0.1) is 27.9 Å². The number of nitrogens with zero attached hydrogens (tertiary/aromatic N) is 1. The van der Waals surface area contributed by atoms with E-state index in [9.17, 15) is 19.7 Å². The van der Waals surface area contributed by atoms with Gasteiger partial charge in [-0.2, -0.15) is 0 Å². The van der Waals surface area contributed by atoms with Crippen LogP contribution in [0.5, 0.6) is 0 Å². The second-order valence-electron chi connectivity index (χ2n) is 8.84.